The van der Waals surface area contributed by atoms with Gasteiger partial charge in [0.05, 0.1) is 0 Å². The van der Waals surface area contributed by atoms with E-state index in [2.05, 4.69) is 53.8 Å². The van der Waals surface area contributed by atoms with Crippen LogP contribution in [0.1, 0.15) is 0 Å². The summed E-state index contributed by atoms with van der Waals surface area (Å²) in [6.45, 7) is 0. The highest BCUT2D eigenvalue weighted by Gasteiger charge is 2.14. The molecule has 28 heavy (non-hydrogen) atoms. The number of para-hydroxylation sites is 2. The molecule has 0 aliphatic carbocycles. The molecule has 0 atom stereocenters. The van der Waals surface area contributed by atoms with Crippen molar-refractivity contribution in [2.75, 3.05) is 5.32 Å². The zero-order chi connectivity index (χ0) is 19.6. The first-order valence-electron chi connectivity index (χ1n) is 9.11. The van der Waals surface area contributed by atoms with Crippen LogP contribution in [0.5, 0.6) is 0 Å². The lowest BCUT2D eigenvalue weighted by Crippen LogP contribution is -2.31. The zero-order valence-corrected chi connectivity index (χ0v) is 15.4. The monoisotopic (exact) mass is 367 g/mol. The van der Waals surface area contributed by atoms with Crippen molar-refractivity contribution in [2.24, 2.45) is 0 Å². The lowest BCUT2D eigenvalue weighted by molar-refractivity contribution is 0.426. The normalized spacial score (nSPS) is 9.79. The summed E-state index contributed by atoms with van der Waals surface area (Å²) in [5, 5.41) is 21.5. The van der Waals surface area contributed by atoms with Gasteiger partial charge in [-0.15, -0.1) is 0 Å². The van der Waals surface area contributed by atoms with Crippen molar-refractivity contribution in [3.8, 4) is 11.1 Å². The van der Waals surface area contributed by atoms with E-state index < -0.39 is 7.12 Å². The van der Waals surface area contributed by atoms with Crippen LogP contribution in [0.4, 0.5) is 11.4 Å². The van der Waals surface area contributed by atoms with Gasteiger partial charge in [-0.05, 0) is 29.3 Å². The van der Waals surface area contributed by atoms with E-state index >= 15 is 0 Å². The van der Waals surface area contributed by atoms with E-state index in [4.69, 9.17) is 0 Å². The Labute approximate surface area is 166 Å². The van der Waals surface area contributed by atoms with Crippen LogP contribution in [0.15, 0.2) is 115 Å². The maximum absolute atomic E-state index is 9.20. The molecule has 0 saturated heterocycles. The van der Waals surface area contributed by atoms with E-state index in [0.717, 1.165) is 5.69 Å². The Bertz CT molecular complexity index is 924. The van der Waals surface area contributed by atoms with Crippen LogP contribution >= 0.6 is 0 Å². The minimum absolute atomic E-state index is 0.464. The second kappa shape index (κ2) is 10.1. The first kappa shape index (κ1) is 19.4. The summed E-state index contributed by atoms with van der Waals surface area (Å²) in [6, 6.07) is 37.5. The summed E-state index contributed by atoms with van der Waals surface area (Å²) in [6.07, 6.45) is 0. The second-order valence-electron chi connectivity index (χ2n) is 6.18. The molecule has 0 aromatic heterocycles. The van der Waals surface area contributed by atoms with E-state index in [1.807, 2.05) is 54.6 Å². The first-order chi connectivity index (χ1) is 13.7. The third-order valence-electron chi connectivity index (χ3n) is 4.17. The summed E-state index contributed by atoms with van der Waals surface area (Å²) in [7, 11) is -1.47. The van der Waals surface area contributed by atoms with Crippen molar-refractivity contribution in [1.29, 1.82) is 0 Å². The minimum atomic E-state index is -1.47. The maximum Gasteiger partial charge on any atom is 0.490 e. The van der Waals surface area contributed by atoms with Crippen molar-refractivity contribution in [1.82, 2.24) is 0 Å². The van der Waals surface area contributed by atoms with Gasteiger partial charge in [0.15, 0.2) is 0 Å². The first-order valence-corrected chi connectivity index (χ1v) is 9.11. The van der Waals surface area contributed by atoms with Crippen LogP contribution in [-0.2, 0) is 0 Å². The molecule has 0 radical (unpaired) electrons. The Morgan fingerprint density at radius 3 is 1.43 bits per heavy atom. The fourth-order valence-electron chi connectivity index (χ4n) is 2.77. The lowest BCUT2D eigenvalue weighted by Gasteiger charge is -2.11. The van der Waals surface area contributed by atoms with Crippen molar-refractivity contribution in [3.63, 3.8) is 0 Å². The van der Waals surface area contributed by atoms with E-state index in [1.54, 1.807) is 12.1 Å². The molecular formula is C24H22BNO2. The molecule has 0 heterocycles. The number of benzene rings is 4. The second-order valence-corrected chi connectivity index (χ2v) is 6.18. The SMILES string of the molecule is OB(O)c1ccccc1Nc1ccccc1.c1ccc(-c2ccccc2)cc1. The zero-order valence-electron chi connectivity index (χ0n) is 15.4. The molecule has 4 rings (SSSR count). The quantitative estimate of drug-likeness (QED) is 0.467. The van der Waals surface area contributed by atoms with Gasteiger partial charge in [-0.2, -0.15) is 0 Å². The largest absolute Gasteiger partial charge is 0.490 e. The van der Waals surface area contributed by atoms with Crippen molar-refractivity contribution >= 4 is 24.0 Å². The highest BCUT2D eigenvalue weighted by atomic mass is 16.4. The summed E-state index contributed by atoms with van der Waals surface area (Å²) in [5.74, 6) is 0. The standard InChI is InChI=1S/C12H12BNO2.C12H10/c15-13(16)11-8-4-5-9-12(11)14-10-6-2-1-3-7-10;1-3-7-11(8-4-1)12-9-5-2-6-10-12/h1-9,14-16H;1-10H. The van der Waals surface area contributed by atoms with Gasteiger partial charge in [0.2, 0.25) is 0 Å². The summed E-state index contributed by atoms with van der Waals surface area (Å²) in [5.41, 5.74) is 4.63. The fraction of sp³-hybridized carbons (Fsp3) is 0. The minimum Gasteiger partial charge on any atom is -0.423 e. The van der Waals surface area contributed by atoms with Gasteiger partial charge in [0, 0.05) is 16.8 Å². The van der Waals surface area contributed by atoms with Crippen LogP contribution in [0, 0.1) is 0 Å². The summed E-state index contributed by atoms with van der Waals surface area (Å²) in [4.78, 5) is 0. The van der Waals surface area contributed by atoms with Gasteiger partial charge >= 0.3 is 7.12 Å². The number of hydrogen-bond donors (Lipinski definition) is 3. The Morgan fingerprint density at radius 1 is 0.500 bits per heavy atom. The number of hydrogen-bond acceptors (Lipinski definition) is 3. The highest BCUT2D eigenvalue weighted by Crippen LogP contribution is 2.17. The van der Waals surface area contributed by atoms with Gasteiger partial charge < -0.3 is 15.4 Å². The lowest BCUT2D eigenvalue weighted by atomic mass is 9.79. The van der Waals surface area contributed by atoms with Gasteiger partial charge in [-0.1, -0.05) is 97.1 Å². The Hall–Kier alpha value is -3.34. The van der Waals surface area contributed by atoms with Crippen molar-refractivity contribution in [3.05, 3.63) is 115 Å². The van der Waals surface area contributed by atoms with Crippen LogP contribution in [-0.4, -0.2) is 17.2 Å². The average molecular weight is 367 g/mol. The van der Waals surface area contributed by atoms with E-state index in [1.165, 1.54) is 11.1 Å². The molecule has 4 aromatic rings. The number of rotatable bonds is 4. The Kier molecular flexibility index (Phi) is 7.02. The predicted octanol–water partition coefficient (Wildman–Crippen LogP) is 4.46. The molecule has 0 unspecified atom stereocenters. The summed E-state index contributed by atoms with van der Waals surface area (Å²) >= 11 is 0. The molecule has 0 fully saturated rings. The predicted molar refractivity (Wildman–Crippen MR) is 118 cm³/mol. The molecule has 3 N–H and O–H groups in total. The Morgan fingerprint density at radius 2 is 0.929 bits per heavy atom. The third kappa shape index (κ3) is 5.58. The van der Waals surface area contributed by atoms with Crippen LogP contribution in [0.25, 0.3) is 11.1 Å². The van der Waals surface area contributed by atoms with Crippen LogP contribution in [0.3, 0.4) is 0 Å². The molecule has 0 bridgehead atoms. The highest BCUT2D eigenvalue weighted by molar-refractivity contribution is 6.60. The molecule has 0 aliphatic heterocycles. The van der Waals surface area contributed by atoms with E-state index in [0.29, 0.717) is 11.2 Å². The number of anilines is 2. The van der Waals surface area contributed by atoms with Gasteiger partial charge in [0.25, 0.3) is 0 Å². The molecule has 4 aromatic carbocycles. The van der Waals surface area contributed by atoms with Crippen LogP contribution in [0.2, 0.25) is 0 Å². The summed E-state index contributed by atoms with van der Waals surface area (Å²) < 4.78 is 0. The molecule has 0 spiro atoms. The van der Waals surface area contributed by atoms with Crippen molar-refractivity contribution in [2.45, 2.75) is 0 Å². The third-order valence-corrected chi connectivity index (χ3v) is 4.17. The smallest absolute Gasteiger partial charge is 0.423 e. The van der Waals surface area contributed by atoms with Crippen LogP contribution < -0.4 is 10.8 Å². The molecular weight excluding hydrogens is 345 g/mol. The molecule has 138 valence electrons. The average Bonchev–Trinajstić information content (AvgIpc) is 2.76. The van der Waals surface area contributed by atoms with Crippen molar-refractivity contribution < 1.29 is 10.0 Å². The van der Waals surface area contributed by atoms with Gasteiger partial charge in [-0.3, -0.25) is 0 Å². The topological polar surface area (TPSA) is 52.5 Å². The van der Waals surface area contributed by atoms with E-state index in [-0.39, 0.29) is 0 Å². The Balaban J connectivity index is 0.000000167. The maximum atomic E-state index is 9.20. The molecule has 0 aliphatic rings. The number of nitrogens with one attached hydrogen (secondary N) is 1. The van der Waals surface area contributed by atoms with Gasteiger partial charge in [0.1, 0.15) is 0 Å². The van der Waals surface area contributed by atoms with Gasteiger partial charge in [-0.25, -0.2) is 0 Å². The molecule has 0 amide bonds. The molecule has 0 saturated carbocycles. The van der Waals surface area contributed by atoms with E-state index in [9.17, 15) is 10.0 Å². The molecule has 4 heteroatoms. The molecule has 3 nitrogen and oxygen atoms in total. The fourth-order valence-corrected chi connectivity index (χ4v) is 2.77.